The van der Waals surface area contributed by atoms with Gasteiger partial charge in [0.25, 0.3) is 0 Å². The number of aromatic nitrogens is 1. The summed E-state index contributed by atoms with van der Waals surface area (Å²) in [5.74, 6) is 0.505. The lowest BCUT2D eigenvalue weighted by atomic mass is 10.2. The van der Waals surface area contributed by atoms with Gasteiger partial charge in [0.1, 0.15) is 5.60 Å². The summed E-state index contributed by atoms with van der Waals surface area (Å²) in [5.41, 5.74) is 6.55. The van der Waals surface area contributed by atoms with E-state index in [9.17, 15) is 4.79 Å². The number of ether oxygens (including phenoxy) is 1. The Kier molecular flexibility index (Phi) is 8.39. The van der Waals surface area contributed by atoms with Gasteiger partial charge >= 0.3 is 6.09 Å². The molecule has 1 amide bonds. The van der Waals surface area contributed by atoms with E-state index in [0.29, 0.717) is 38.7 Å². The lowest BCUT2D eigenvalue weighted by Gasteiger charge is -2.36. The van der Waals surface area contributed by atoms with E-state index in [4.69, 9.17) is 10.5 Å². The van der Waals surface area contributed by atoms with Crippen LogP contribution in [0.15, 0.2) is 10.4 Å². The van der Waals surface area contributed by atoms with E-state index < -0.39 is 5.60 Å². The van der Waals surface area contributed by atoms with Crippen molar-refractivity contribution in [3.05, 3.63) is 16.1 Å². The smallest absolute Gasteiger partial charge is 0.410 e. The molecule has 0 atom stereocenters. The second kappa shape index (κ2) is 9.56. The standard InChI is InChI=1S/C16H27N5O2S.HI/c1-5-13-19-12(11-24-13)10-18-14(17)20-6-8-21(9-7-20)15(22)23-16(2,3)4;/h11H,5-10H2,1-4H3,(H2,17,18);1H. The summed E-state index contributed by atoms with van der Waals surface area (Å²) in [7, 11) is 0. The quantitative estimate of drug-likeness (QED) is 0.408. The number of aryl methyl sites for hydroxylation is 1. The van der Waals surface area contributed by atoms with E-state index in [-0.39, 0.29) is 30.1 Å². The van der Waals surface area contributed by atoms with Gasteiger partial charge in [-0.05, 0) is 27.2 Å². The lowest BCUT2D eigenvalue weighted by molar-refractivity contribution is 0.0186. The maximum atomic E-state index is 12.0. The fraction of sp³-hybridized carbons (Fsp3) is 0.688. The Morgan fingerprint density at radius 3 is 2.44 bits per heavy atom. The topological polar surface area (TPSA) is 84.0 Å². The van der Waals surface area contributed by atoms with Crippen LogP contribution in [0, 0.1) is 0 Å². The molecule has 0 radical (unpaired) electrons. The van der Waals surface area contributed by atoms with Crippen LogP contribution in [0.3, 0.4) is 0 Å². The molecule has 0 saturated carbocycles. The first kappa shape index (κ1) is 21.9. The zero-order chi connectivity index (χ0) is 17.7. The van der Waals surface area contributed by atoms with E-state index in [1.165, 1.54) is 0 Å². The van der Waals surface area contributed by atoms with Crippen molar-refractivity contribution in [3.63, 3.8) is 0 Å². The largest absolute Gasteiger partial charge is 0.444 e. The minimum Gasteiger partial charge on any atom is -0.444 e. The van der Waals surface area contributed by atoms with E-state index in [1.54, 1.807) is 16.2 Å². The van der Waals surface area contributed by atoms with Gasteiger partial charge in [-0.25, -0.2) is 14.8 Å². The first-order valence-corrected chi connectivity index (χ1v) is 9.12. The van der Waals surface area contributed by atoms with Crippen LogP contribution in [0.4, 0.5) is 4.79 Å². The average Bonchev–Trinajstić information content (AvgIpc) is 2.99. The van der Waals surface area contributed by atoms with Gasteiger partial charge in [0.2, 0.25) is 0 Å². The van der Waals surface area contributed by atoms with Crippen LogP contribution in [0.5, 0.6) is 0 Å². The molecule has 0 aromatic carbocycles. The molecule has 0 bridgehead atoms. The predicted octanol–water partition coefficient (Wildman–Crippen LogP) is 2.69. The molecule has 0 aliphatic carbocycles. The number of thiazole rings is 1. The highest BCUT2D eigenvalue weighted by Crippen LogP contribution is 2.13. The number of rotatable bonds is 3. The molecule has 1 aliphatic heterocycles. The highest BCUT2D eigenvalue weighted by atomic mass is 127. The SMILES string of the molecule is CCc1nc(CN=C(N)N2CCN(C(=O)OC(C)(C)C)CC2)cs1.I. The molecule has 2 rings (SSSR count). The number of carbonyl (C=O) groups excluding carboxylic acids is 1. The highest BCUT2D eigenvalue weighted by molar-refractivity contribution is 14.0. The highest BCUT2D eigenvalue weighted by Gasteiger charge is 2.26. The third-order valence-corrected chi connectivity index (χ3v) is 4.60. The summed E-state index contributed by atoms with van der Waals surface area (Å²) in [6.07, 6.45) is 0.670. The molecule has 1 aromatic heterocycles. The summed E-state index contributed by atoms with van der Waals surface area (Å²) in [5, 5.41) is 3.14. The molecule has 1 saturated heterocycles. The first-order chi connectivity index (χ1) is 11.3. The van der Waals surface area contributed by atoms with Crippen molar-refractivity contribution >= 4 is 47.4 Å². The van der Waals surface area contributed by atoms with E-state index >= 15 is 0 Å². The number of nitrogens with zero attached hydrogens (tertiary/aromatic N) is 4. The molecule has 1 aromatic rings. The molecule has 1 aliphatic rings. The number of halogens is 1. The van der Waals surface area contributed by atoms with Gasteiger partial charge in [-0.3, -0.25) is 0 Å². The van der Waals surface area contributed by atoms with Crippen molar-refractivity contribution in [3.8, 4) is 0 Å². The Morgan fingerprint density at radius 1 is 1.32 bits per heavy atom. The van der Waals surface area contributed by atoms with Crippen LogP contribution < -0.4 is 5.73 Å². The Balaban J connectivity index is 0.00000312. The second-order valence-electron chi connectivity index (χ2n) is 6.72. The van der Waals surface area contributed by atoms with E-state index in [1.807, 2.05) is 31.1 Å². The summed E-state index contributed by atoms with van der Waals surface area (Å²) in [6.45, 7) is 10.7. The Morgan fingerprint density at radius 2 is 1.92 bits per heavy atom. The van der Waals surface area contributed by atoms with Gasteiger partial charge in [0, 0.05) is 31.6 Å². The average molecular weight is 481 g/mol. The van der Waals surface area contributed by atoms with E-state index in [2.05, 4.69) is 16.9 Å². The maximum Gasteiger partial charge on any atom is 0.410 e. The van der Waals surface area contributed by atoms with Crippen molar-refractivity contribution in [1.29, 1.82) is 0 Å². The summed E-state index contributed by atoms with van der Waals surface area (Å²) < 4.78 is 5.39. The predicted molar refractivity (Wildman–Crippen MR) is 112 cm³/mol. The van der Waals surface area contributed by atoms with Crippen molar-refractivity contribution in [2.75, 3.05) is 26.2 Å². The summed E-state index contributed by atoms with van der Waals surface area (Å²) in [4.78, 5) is 24.7. The molecule has 0 spiro atoms. The molecule has 2 N–H and O–H groups in total. The number of carbonyl (C=O) groups is 1. The van der Waals surface area contributed by atoms with Crippen molar-refractivity contribution in [1.82, 2.24) is 14.8 Å². The van der Waals surface area contributed by atoms with Crippen LogP contribution in [0.1, 0.15) is 38.4 Å². The van der Waals surface area contributed by atoms with Gasteiger partial charge in [-0.15, -0.1) is 35.3 Å². The van der Waals surface area contributed by atoms with Gasteiger partial charge in [0.15, 0.2) is 5.96 Å². The third kappa shape index (κ3) is 6.96. The molecular formula is C16H28IN5O2S. The number of guanidine groups is 1. The van der Waals surface area contributed by atoms with Crippen molar-refractivity contribution in [2.45, 2.75) is 46.3 Å². The van der Waals surface area contributed by atoms with Crippen LogP contribution in [0.2, 0.25) is 0 Å². The molecule has 25 heavy (non-hydrogen) atoms. The van der Waals surface area contributed by atoms with Crippen LogP contribution in [-0.2, 0) is 17.7 Å². The van der Waals surface area contributed by atoms with Gasteiger partial charge < -0.3 is 20.3 Å². The molecule has 1 fully saturated rings. The Labute approximate surface area is 170 Å². The minimum atomic E-state index is -0.473. The van der Waals surface area contributed by atoms with Crippen LogP contribution in [-0.4, -0.2) is 58.6 Å². The number of hydrogen-bond acceptors (Lipinski definition) is 5. The van der Waals surface area contributed by atoms with Gasteiger partial charge in [-0.1, -0.05) is 6.92 Å². The number of amides is 1. The fourth-order valence-electron chi connectivity index (χ4n) is 2.29. The molecular weight excluding hydrogens is 453 g/mol. The first-order valence-electron chi connectivity index (χ1n) is 8.24. The normalized spacial score (nSPS) is 15.8. The third-order valence-electron chi connectivity index (χ3n) is 3.56. The Bertz CT molecular complexity index is 592. The molecule has 2 heterocycles. The van der Waals surface area contributed by atoms with Crippen molar-refractivity contribution in [2.24, 2.45) is 10.7 Å². The molecule has 7 nitrogen and oxygen atoms in total. The number of hydrogen-bond donors (Lipinski definition) is 1. The molecule has 9 heteroatoms. The van der Waals surface area contributed by atoms with Gasteiger partial charge in [0.05, 0.1) is 17.2 Å². The minimum absolute atomic E-state index is 0. The lowest BCUT2D eigenvalue weighted by Crippen LogP contribution is -2.53. The maximum absolute atomic E-state index is 12.0. The Hall–Kier alpha value is -1.10. The zero-order valence-corrected chi connectivity index (χ0v) is 18.5. The number of aliphatic imine (C=N–C) groups is 1. The summed E-state index contributed by atoms with van der Waals surface area (Å²) >= 11 is 1.65. The zero-order valence-electron chi connectivity index (χ0n) is 15.3. The number of piperazine rings is 1. The van der Waals surface area contributed by atoms with Gasteiger partial charge in [-0.2, -0.15) is 0 Å². The van der Waals surface area contributed by atoms with E-state index in [0.717, 1.165) is 17.1 Å². The molecule has 0 unspecified atom stereocenters. The van der Waals surface area contributed by atoms with Crippen LogP contribution >= 0.6 is 35.3 Å². The summed E-state index contributed by atoms with van der Waals surface area (Å²) in [6, 6.07) is 0. The fourth-order valence-corrected chi connectivity index (χ4v) is 3.03. The second-order valence-corrected chi connectivity index (χ2v) is 7.66. The van der Waals surface area contributed by atoms with Crippen molar-refractivity contribution < 1.29 is 9.53 Å². The number of nitrogens with two attached hydrogens (primary N) is 1. The monoisotopic (exact) mass is 481 g/mol. The van der Waals surface area contributed by atoms with Crippen LogP contribution in [0.25, 0.3) is 0 Å². The molecule has 142 valence electrons.